The topological polar surface area (TPSA) is 48.3 Å². The van der Waals surface area contributed by atoms with E-state index < -0.39 is 5.54 Å². The standard InChI is InChI=1S/C17H25N3O/c1-15-13-20(10-6-12-21-15)11-9-17(14-18,19-2)16-7-4-3-5-8-16/h3-5,7-8,15,19H,6,9-13H2,1-2H3. The molecule has 2 unspecified atom stereocenters. The van der Waals surface area contributed by atoms with Crippen LogP contribution in [0.1, 0.15) is 25.3 Å². The van der Waals surface area contributed by atoms with Gasteiger partial charge in [-0.2, -0.15) is 5.26 Å². The first kappa shape index (κ1) is 16.0. The molecule has 1 N–H and O–H groups in total. The average Bonchev–Trinajstić information content (AvgIpc) is 2.74. The second-order valence-electron chi connectivity index (χ2n) is 5.72. The number of nitriles is 1. The summed E-state index contributed by atoms with van der Waals surface area (Å²) in [5.74, 6) is 0. The molecule has 0 amide bonds. The monoisotopic (exact) mass is 287 g/mol. The zero-order chi connectivity index (χ0) is 15.1. The molecule has 1 aliphatic heterocycles. The molecule has 4 heteroatoms. The van der Waals surface area contributed by atoms with Gasteiger partial charge < -0.3 is 9.64 Å². The average molecular weight is 287 g/mol. The molecule has 1 fully saturated rings. The number of ether oxygens (including phenoxy) is 1. The van der Waals surface area contributed by atoms with Crippen LogP contribution in [0.25, 0.3) is 0 Å². The van der Waals surface area contributed by atoms with Gasteiger partial charge in [0.05, 0.1) is 12.2 Å². The molecule has 2 atom stereocenters. The van der Waals surface area contributed by atoms with E-state index in [0.717, 1.165) is 44.6 Å². The summed E-state index contributed by atoms with van der Waals surface area (Å²) >= 11 is 0. The molecule has 1 saturated heterocycles. The summed E-state index contributed by atoms with van der Waals surface area (Å²) in [5.41, 5.74) is 0.423. The predicted octanol–water partition coefficient (Wildman–Crippen LogP) is 2.13. The first-order valence-electron chi connectivity index (χ1n) is 7.70. The Morgan fingerprint density at radius 1 is 1.43 bits per heavy atom. The summed E-state index contributed by atoms with van der Waals surface area (Å²) < 4.78 is 5.68. The molecule has 1 aromatic rings. The number of nitrogens with zero attached hydrogens (tertiary/aromatic N) is 2. The van der Waals surface area contributed by atoms with Gasteiger partial charge in [0.2, 0.25) is 0 Å². The summed E-state index contributed by atoms with van der Waals surface area (Å²) in [7, 11) is 1.87. The Balaban J connectivity index is 2.05. The largest absolute Gasteiger partial charge is 0.377 e. The van der Waals surface area contributed by atoms with Crippen molar-refractivity contribution in [1.29, 1.82) is 5.26 Å². The van der Waals surface area contributed by atoms with Crippen LogP contribution >= 0.6 is 0 Å². The molecule has 1 heterocycles. The Kier molecular flexibility index (Phi) is 5.75. The minimum Gasteiger partial charge on any atom is -0.377 e. The molecular weight excluding hydrogens is 262 g/mol. The molecule has 0 aromatic heterocycles. The highest BCUT2D eigenvalue weighted by Gasteiger charge is 2.31. The fourth-order valence-corrected chi connectivity index (χ4v) is 2.92. The summed E-state index contributed by atoms with van der Waals surface area (Å²) in [5, 5.41) is 12.9. The van der Waals surface area contributed by atoms with Gasteiger partial charge in [-0.15, -0.1) is 0 Å². The third-order valence-corrected chi connectivity index (χ3v) is 4.22. The van der Waals surface area contributed by atoms with E-state index in [0.29, 0.717) is 0 Å². The highest BCUT2D eigenvalue weighted by molar-refractivity contribution is 5.31. The van der Waals surface area contributed by atoms with E-state index in [1.165, 1.54) is 0 Å². The van der Waals surface area contributed by atoms with Gasteiger partial charge in [0, 0.05) is 26.2 Å². The van der Waals surface area contributed by atoms with Crippen LogP contribution in [0.5, 0.6) is 0 Å². The molecular formula is C17H25N3O. The third kappa shape index (κ3) is 4.04. The van der Waals surface area contributed by atoms with Crippen molar-refractivity contribution in [1.82, 2.24) is 10.2 Å². The second kappa shape index (κ2) is 7.56. The quantitative estimate of drug-likeness (QED) is 0.901. The molecule has 0 radical (unpaired) electrons. The van der Waals surface area contributed by atoms with Crippen LogP contribution < -0.4 is 5.32 Å². The van der Waals surface area contributed by atoms with E-state index in [4.69, 9.17) is 4.74 Å². The number of hydrogen-bond acceptors (Lipinski definition) is 4. The maximum atomic E-state index is 9.71. The van der Waals surface area contributed by atoms with Crippen molar-refractivity contribution in [2.24, 2.45) is 0 Å². The number of rotatable bonds is 5. The first-order chi connectivity index (χ1) is 10.2. The molecule has 21 heavy (non-hydrogen) atoms. The zero-order valence-corrected chi connectivity index (χ0v) is 13.0. The Bertz CT molecular complexity index is 471. The number of hydrogen-bond donors (Lipinski definition) is 1. The van der Waals surface area contributed by atoms with Gasteiger partial charge in [0.1, 0.15) is 5.54 Å². The highest BCUT2D eigenvalue weighted by atomic mass is 16.5. The summed E-state index contributed by atoms with van der Waals surface area (Å²) in [6.07, 6.45) is 2.11. The van der Waals surface area contributed by atoms with Crippen molar-refractivity contribution in [2.75, 3.05) is 33.3 Å². The zero-order valence-electron chi connectivity index (χ0n) is 13.0. The van der Waals surface area contributed by atoms with Crippen LogP contribution in [0.3, 0.4) is 0 Å². The minimum absolute atomic E-state index is 0.273. The Hall–Kier alpha value is -1.41. The fraction of sp³-hybridized carbons (Fsp3) is 0.588. The maximum absolute atomic E-state index is 9.71. The van der Waals surface area contributed by atoms with Gasteiger partial charge in [-0.05, 0) is 32.4 Å². The van der Waals surface area contributed by atoms with Crippen LogP contribution in [0, 0.1) is 11.3 Å². The highest BCUT2D eigenvalue weighted by Crippen LogP contribution is 2.24. The van der Waals surface area contributed by atoms with Crippen molar-refractivity contribution in [2.45, 2.75) is 31.4 Å². The second-order valence-corrected chi connectivity index (χ2v) is 5.72. The van der Waals surface area contributed by atoms with Crippen molar-refractivity contribution in [3.05, 3.63) is 35.9 Å². The van der Waals surface area contributed by atoms with E-state index >= 15 is 0 Å². The van der Waals surface area contributed by atoms with E-state index in [9.17, 15) is 5.26 Å². The smallest absolute Gasteiger partial charge is 0.133 e. The van der Waals surface area contributed by atoms with Crippen LogP contribution in [0.2, 0.25) is 0 Å². The number of nitrogens with one attached hydrogen (secondary N) is 1. The lowest BCUT2D eigenvalue weighted by atomic mass is 9.88. The van der Waals surface area contributed by atoms with Gasteiger partial charge in [-0.1, -0.05) is 30.3 Å². The van der Waals surface area contributed by atoms with Gasteiger partial charge in [-0.25, -0.2) is 0 Å². The molecule has 1 aliphatic rings. The summed E-state index contributed by atoms with van der Waals surface area (Å²) in [6, 6.07) is 12.5. The fourth-order valence-electron chi connectivity index (χ4n) is 2.92. The van der Waals surface area contributed by atoms with Gasteiger partial charge >= 0.3 is 0 Å². The minimum atomic E-state index is -0.613. The van der Waals surface area contributed by atoms with Crippen LogP contribution in [-0.2, 0) is 10.3 Å². The Morgan fingerprint density at radius 2 is 2.19 bits per heavy atom. The van der Waals surface area contributed by atoms with Gasteiger partial charge in [0.25, 0.3) is 0 Å². The normalized spacial score (nSPS) is 23.0. The molecule has 114 valence electrons. The van der Waals surface area contributed by atoms with Gasteiger partial charge in [0.15, 0.2) is 0 Å². The van der Waals surface area contributed by atoms with E-state index in [-0.39, 0.29) is 6.10 Å². The SMILES string of the molecule is CNC(C#N)(CCN1CCCOC(C)C1)c1ccccc1. The molecule has 4 nitrogen and oxygen atoms in total. The third-order valence-electron chi connectivity index (χ3n) is 4.22. The molecule has 0 spiro atoms. The predicted molar refractivity (Wildman–Crippen MR) is 83.9 cm³/mol. The molecule has 0 aliphatic carbocycles. The lowest BCUT2D eigenvalue weighted by Gasteiger charge is -2.30. The molecule has 2 rings (SSSR count). The van der Waals surface area contributed by atoms with E-state index in [1.54, 1.807) is 0 Å². The molecule has 0 saturated carbocycles. The summed E-state index contributed by atoms with van der Waals surface area (Å²) in [4.78, 5) is 2.41. The van der Waals surface area contributed by atoms with Crippen LogP contribution in [0.15, 0.2) is 30.3 Å². The van der Waals surface area contributed by atoms with E-state index in [2.05, 4.69) is 23.2 Å². The van der Waals surface area contributed by atoms with Crippen LogP contribution in [-0.4, -0.2) is 44.3 Å². The van der Waals surface area contributed by atoms with Gasteiger partial charge in [-0.3, -0.25) is 5.32 Å². The van der Waals surface area contributed by atoms with Crippen LogP contribution in [0.4, 0.5) is 0 Å². The molecule has 0 bridgehead atoms. The van der Waals surface area contributed by atoms with E-state index in [1.807, 2.05) is 37.4 Å². The first-order valence-corrected chi connectivity index (χ1v) is 7.70. The Labute approximate surface area is 127 Å². The molecule has 1 aromatic carbocycles. The Morgan fingerprint density at radius 3 is 2.86 bits per heavy atom. The maximum Gasteiger partial charge on any atom is 0.133 e. The number of benzene rings is 1. The lowest BCUT2D eigenvalue weighted by molar-refractivity contribution is 0.0668. The summed E-state index contributed by atoms with van der Waals surface area (Å²) in [6.45, 7) is 5.85. The van der Waals surface area contributed by atoms with Crippen molar-refractivity contribution >= 4 is 0 Å². The van der Waals surface area contributed by atoms with Crippen molar-refractivity contribution < 1.29 is 4.74 Å². The van der Waals surface area contributed by atoms with Crippen molar-refractivity contribution in [3.8, 4) is 6.07 Å². The van der Waals surface area contributed by atoms with Crippen molar-refractivity contribution in [3.63, 3.8) is 0 Å². The lowest BCUT2D eigenvalue weighted by Crippen LogP contribution is -2.43.